The maximum absolute atomic E-state index is 5.74. The van der Waals surface area contributed by atoms with E-state index in [1.54, 1.807) is 6.20 Å². The lowest BCUT2D eigenvalue weighted by atomic mass is 10.4. The van der Waals surface area contributed by atoms with Gasteiger partial charge in [-0.15, -0.1) is 0 Å². The zero-order valence-corrected chi connectivity index (χ0v) is 12.6. The van der Waals surface area contributed by atoms with Crippen LogP contribution in [0.1, 0.15) is 20.3 Å². The summed E-state index contributed by atoms with van der Waals surface area (Å²) in [5.74, 6) is 0.748. The minimum Gasteiger partial charge on any atom is -0.368 e. The van der Waals surface area contributed by atoms with Crippen molar-refractivity contribution in [2.45, 2.75) is 20.3 Å². The molecule has 0 aliphatic heterocycles. The van der Waals surface area contributed by atoms with Crippen molar-refractivity contribution in [3.8, 4) is 0 Å². The second kappa shape index (κ2) is 7.84. The van der Waals surface area contributed by atoms with Gasteiger partial charge in [0.15, 0.2) is 0 Å². The van der Waals surface area contributed by atoms with E-state index in [0.717, 1.165) is 36.5 Å². The molecule has 0 fully saturated rings. The van der Waals surface area contributed by atoms with Crippen molar-refractivity contribution in [2.75, 3.05) is 31.5 Å². The zero-order valence-electron chi connectivity index (χ0n) is 10.2. The van der Waals surface area contributed by atoms with E-state index in [1.165, 1.54) is 6.42 Å². The fraction of sp³-hybridized carbons (Fsp3) is 0.636. The lowest BCUT2D eigenvalue weighted by Crippen LogP contribution is -2.29. The van der Waals surface area contributed by atoms with Crippen LogP contribution in [0.15, 0.2) is 10.7 Å². The van der Waals surface area contributed by atoms with Gasteiger partial charge in [-0.1, -0.05) is 13.8 Å². The van der Waals surface area contributed by atoms with Crippen molar-refractivity contribution in [3.05, 3.63) is 16.0 Å². The number of hydrogen-bond acceptors (Lipinski definition) is 4. The van der Waals surface area contributed by atoms with Crippen molar-refractivity contribution in [1.82, 2.24) is 14.9 Å². The summed E-state index contributed by atoms with van der Waals surface area (Å²) in [6.07, 6.45) is 2.83. The lowest BCUT2D eigenvalue weighted by molar-refractivity contribution is 0.300. The van der Waals surface area contributed by atoms with Crippen LogP contribution < -0.4 is 5.32 Å². The van der Waals surface area contributed by atoms with Gasteiger partial charge in [0, 0.05) is 19.3 Å². The Morgan fingerprint density at radius 2 is 2.18 bits per heavy atom. The van der Waals surface area contributed by atoms with Crippen LogP contribution in [0.5, 0.6) is 0 Å². The molecular weight excluding hydrogens is 304 g/mol. The van der Waals surface area contributed by atoms with Crippen LogP contribution in [0, 0.1) is 0 Å². The second-order valence-corrected chi connectivity index (χ2v) is 4.89. The number of hydrogen-bond donors (Lipinski definition) is 1. The molecule has 6 heteroatoms. The van der Waals surface area contributed by atoms with Crippen LogP contribution in [0.2, 0.25) is 5.28 Å². The first-order valence-electron chi connectivity index (χ1n) is 5.81. The third kappa shape index (κ3) is 5.19. The van der Waals surface area contributed by atoms with E-state index in [1.807, 2.05) is 0 Å². The monoisotopic (exact) mass is 320 g/mol. The molecule has 1 heterocycles. The molecule has 4 nitrogen and oxygen atoms in total. The Balaban J connectivity index is 2.42. The average molecular weight is 322 g/mol. The third-order valence-corrected chi connectivity index (χ3v) is 3.18. The van der Waals surface area contributed by atoms with Crippen LogP contribution in [-0.4, -0.2) is 41.0 Å². The number of likely N-dealkylation sites (N-methyl/N-ethyl adjacent to an activating group) is 1. The SMILES string of the molecule is CCCN(CC)CCNc1nc(Cl)ncc1Br. The van der Waals surface area contributed by atoms with Gasteiger partial charge >= 0.3 is 0 Å². The lowest BCUT2D eigenvalue weighted by Gasteiger charge is -2.19. The maximum Gasteiger partial charge on any atom is 0.224 e. The highest BCUT2D eigenvalue weighted by atomic mass is 79.9. The fourth-order valence-electron chi connectivity index (χ4n) is 1.55. The van der Waals surface area contributed by atoms with E-state index >= 15 is 0 Å². The largest absolute Gasteiger partial charge is 0.368 e. The van der Waals surface area contributed by atoms with Crippen LogP contribution in [0.4, 0.5) is 5.82 Å². The molecule has 0 saturated heterocycles. The Labute approximate surface area is 116 Å². The topological polar surface area (TPSA) is 41.0 Å². The number of nitrogens with zero attached hydrogens (tertiary/aromatic N) is 3. The summed E-state index contributed by atoms with van der Waals surface area (Å²) in [7, 11) is 0. The Bertz CT molecular complexity index is 348. The molecule has 1 N–H and O–H groups in total. The molecule has 17 heavy (non-hydrogen) atoms. The van der Waals surface area contributed by atoms with E-state index in [2.05, 4.69) is 50.0 Å². The first-order valence-corrected chi connectivity index (χ1v) is 6.98. The quantitative estimate of drug-likeness (QED) is 0.784. The summed E-state index contributed by atoms with van der Waals surface area (Å²) in [5, 5.41) is 3.51. The van der Waals surface area contributed by atoms with E-state index < -0.39 is 0 Å². The van der Waals surface area contributed by atoms with Crippen molar-refractivity contribution >= 4 is 33.3 Å². The molecule has 0 aliphatic rings. The van der Waals surface area contributed by atoms with Gasteiger partial charge < -0.3 is 10.2 Å². The van der Waals surface area contributed by atoms with Gasteiger partial charge in [0.1, 0.15) is 5.82 Å². The average Bonchev–Trinajstić information content (AvgIpc) is 2.32. The predicted octanol–water partition coefficient (Wildman–Crippen LogP) is 3.04. The Hall–Kier alpha value is -0.390. The Kier molecular flexibility index (Phi) is 6.77. The standard InChI is InChI=1S/C11H18BrClN4/c1-3-6-17(4-2)7-5-14-10-9(12)8-15-11(13)16-10/h8H,3-7H2,1-2H3,(H,14,15,16). The van der Waals surface area contributed by atoms with Crippen molar-refractivity contribution in [1.29, 1.82) is 0 Å². The smallest absolute Gasteiger partial charge is 0.224 e. The van der Waals surface area contributed by atoms with Crippen LogP contribution in [0.25, 0.3) is 0 Å². The number of aromatic nitrogens is 2. The van der Waals surface area contributed by atoms with Gasteiger partial charge in [-0.05, 0) is 47.0 Å². The van der Waals surface area contributed by atoms with Gasteiger partial charge in [-0.3, -0.25) is 0 Å². The predicted molar refractivity (Wildman–Crippen MR) is 75.6 cm³/mol. The van der Waals surface area contributed by atoms with Crippen LogP contribution in [-0.2, 0) is 0 Å². The Morgan fingerprint density at radius 1 is 1.41 bits per heavy atom. The van der Waals surface area contributed by atoms with Crippen molar-refractivity contribution in [3.63, 3.8) is 0 Å². The molecule has 0 aromatic carbocycles. The van der Waals surface area contributed by atoms with Crippen molar-refractivity contribution in [2.24, 2.45) is 0 Å². The normalized spacial score (nSPS) is 10.9. The van der Waals surface area contributed by atoms with Gasteiger partial charge in [-0.2, -0.15) is 4.98 Å². The summed E-state index contributed by atoms with van der Waals surface area (Å²) in [5.41, 5.74) is 0. The minimum atomic E-state index is 0.261. The molecule has 0 atom stereocenters. The molecule has 0 aliphatic carbocycles. The van der Waals surface area contributed by atoms with E-state index in [-0.39, 0.29) is 5.28 Å². The molecule has 1 aromatic rings. The molecule has 0 amide bonds. The summed E-state index contributed by atoms with van der Waals surface area (Å²) in [4.78, 5) is 10.4. The molecule has 1 aromatic heterocycles. The number of nitrogens with one attached hydrogen (secondary N) is 1. The van der Waals surface area contributed by atoms with Gasteiger partial charge in [0.05, 0.1) is 4.47 Å². The van der Waals surface area contributed by atoms with Crippen LogP contribution >= 0.6 is 27.5 Å². The first-order chi connectivity index (χ1) is 8.17. The highest BCUT2D eigenvalue weighted by molar-refractivity contribution is 9.10. The molecule has 0 spiro atoms. The van der Waals surface area contributed by atoms with Gasteiger partial charge in [0.2, 0.25) is 5.28 Å². The highest BCUT2D eigenvalue weighted by Crippen LogP contribution is 2.19. The van der Waals surface area contributed by atoms with Gasteiger partial charge in [0.25, 0.3) is 0 Å². The Morgan fingerprint density at radius 3 is 2.82 bits per heavy atom. The summed E-state index contributed by atoms with van der Waals surface area (Å²) < 4.78 is 0.834. The minimum absolute atomic E-state index is 0.261. The van der Waals surface area contributed by atoms with Crippen molar-refractivity contribution < 1.29 is 0 Å². The molecule has 1 rings (SSSR count). The zero-order chi connectivity index (χ0) is 12.7. The van der Waals surface area contributed by atoms with E-state index in [0.29, 0.717) is 0 Å². The maximum atomic E-state index is 5.74. The molecule has 0 radical (unpaired) electrons. The van der Waals surface area contributed by atoms with Gasteiger partial charge in [-0.25, -0.2) is 4.98 Å². The molecule has 0 saturated carbocycles. The molecule has 0 bridgehead atoms. The summed E-state index contributed by atoms with van der Waals surface area (Å²) in [6.45, 7) is 8.41. The molecular formula is C11H18BrClN4. The number of rotatable bonds is 7. The highest BCUT2D eigenvalue weighted by Gasteiger charge is 2.04. The third-order valence-electron chi connectivity index (χ3n) is 2.42. The molecule has 96 valence electrons. The van der Waals surface area contributed by atoms with Crippen LogP contribution in [0.3, 0.4) is 0 Å². The first kappa shape index (κ1) is 14.7. The molecule has 0 unspecified atom stereocenters. The number of anilines is 1. The number of halogens is 2. The fourth-order valence-corrected chi connectivity index (χ4v) is 2.01. The second-order valence-electron chi connectivity index (χ2n) is 3.70. The summed E-state index contributed by atoms with van der Waals surface area (Å²) in [6, 6.07) is 0. The van der Waals surface area contributed by atoms with E-state index in [4.69, 9.17) is 11.6 Å². The van der Waals surface area contributed by atoms with E-state index in [9.17, 15) is 0 Å². The summed E-state index contributed by atoms with van der Waals surface area (Å²) >= 11 is 9.13.